The molecule has 2 rings (SSSR count). The van der Waals surface area contributed by atoms with Crippen molar-refractivity contribution in [3.8, 4) is 0 Å². The lowest BCUT2D eigenvalue weighted by atomic mass is 9.94. The highest BCUT2D eigenvalue weighted by atomic mass is 16.6. The van der Waals surface area contributed by atoms with E-state index in [-0.39, 0.29) is 11.3 Å². The monoisotopic (exact) mass is 371 g/mol. The SMILES string of the molecule is Cc1cc(=O)c(Cc2ccccc2)c(C(NC(=O)OC(C)(C)C)C(C)C)o1. The van der Waals surface area contributed by atoms with Gasteiger partial charge in [-0.05, 0) is 39.2 Å². The van der Waals surface area contributed by atoms with E-state index in [1.807, 2.05) is 65.0 Å². The van der Waals surface area contributed by atoms with Gasteiger partial charge in [0.25, 0.3) is 0 Å². The van der Waals surface area contributed by atoms with Gasteiger partial charge in [-0.15, -0.1) is 0 Å². The molecular formula is C22H29NO4. The second-order valence-electron chi connectivity index (χ2n) is 8.09. The zero-order valence-corrected chi connectivity index (χ0v) is 17.0. The van der Waals surface area contributed by atoms with Gasteiger partial charge in [-0.1, -0.05) is 44.2 Å². The molecule has 1 heterocycles. The standard InChI is InChI=1S/C22H29NO4/c1-14(2)19(23-21(25)27-22(4,5)6)20-17(18(24)12-15(3)26-20)13-16-10-8-7-9-11-16/h7-12,14,19H,13H2,1-6H3,(H,23,25). The van der Waals surface area contributed by atoms with Gasteiger partial charge in [-0.25, -0.2) is 4.79 Å². The first-order valence-electron chi connectivity index (χ1n) is 9.24. The quantitative estimate of drug-likeness (QED) is 0.823. The summed E-state index contributed by atoms with van der Waals surface area (Å²) in [7, 11) is 0. The highest BCUT2D eigenvalue weighted by Gasteiger charge is 2.28. The molecule has 27 heavy (non-hydrogen) atoms. The van der Waals surface area contributed by atoms with Gasteiger partial charge in [0.15, 0.2) is 5.43 Å². The van der Waals surface area contributed by atoms with Gasteiger partial charge < -0.3 is 14.5 Å². The van der Waals surface area contributed by atoms with Crippen molar-refractivity contribution < 1.29 is 13.9 Å². The fraction of sp³-hybridized carbons (Fsp3) is 0.455. The van der Waals surface area contributed by atoms with E-state index in [1.165, 1.54) is 6.07 Å². The minimum atomic E-state index is -0.605. The minimum absolute atomic E-state index is 0.0111. The third kappa shape index (κ3) is 5.98. The number of amides is 1. The van der Waals surface area contributed by atoms with E-state index in [1.54, 1.807) is 6.92 Å². The second-order valence-corrected chi connectivity index (χ2v) is 8.09. The zero-order chi connectivity index (χ0) is 20.2. The van der Waals surface area contributed by atoms with Crippen LogP contribution in [0.5, 0.6) is 0 Å². The molecule has 1 amide bonds. The van der Waals surface area contributed by atoms with Crippen molar-refractivity contribution in [2.24, 2.45) is 5.92 Å². The van der Waals surface area contributed by atoms with E-state index in [9.17, 15) is 9.59 Å². The topological polar surface area (TPSA) is 68.5 Å². The van der Waals surface area contributed by atoms with Crippen molar-refractivity contribution in [2.45, 2.75) is 59.6 Å². The van der Waals surface area contributed by atoms with E-state index >= 15 is 0 Å². The highest BCUT2D eigenvalue weighted by Crippen LogP contribution is 2.26. The summed E-state index contributed by atoms with van der Waals surface area (Å²) >= 11 is 0. The first-order valence-corrected chi connectivity index (χ1v) is 9.24. The maximum Gasteiger partial charge on any atom is 0.408 e. The molecule has 5 nitrogen and oxygen atoms in total. The Balaban J connectivity index is 2.43. The highest BCUT2D eigenvalue weighted by molar-refractivity contribution is 5.68. The number of rotatable bonds is 5. The molecule has 0 aliphatic heterocycles. The van der Waals surface area contributed by atoms with Crippen LogP contribution in [0.3, 0.4) is 0 Å². The van der Waals surface area contributed by atoms with Crippen LogP contribution in [-0.2, 0) is 11.2 Å². The molecule has 0 saturated heterocycles. The average Bonchev–Trinajstić information content (AvgIpc) is 2.54. The van der Waals surface area contributed by atoms with Gasteiger partial charge in [0, 0.05) is 18.1 Å². The van der Waals surface area contributed by atoms with Gasteiger partial charge in [0.2, 0.25) is 0 Å². The van der Waals surface area contributed by atoms with E-state index in [2.05, 4.69) is 5.32 Å². The van der Waals surface area contributed by atoms with Crippen molar-refractivity contribution in [3.05, 3.63) is 69.3 Å². The average molecular weight is 371 g/mol. The molecule has 0 bridgehead atoms. The predicted molar refractivity (Wildman–Crippen MR) is 106 cm³/mol. The van der Waals surface area contributed by atoms with E-state index in [0.717, 1.165) is 5.56 Å². The second kappa shape index (κ2) is 8.42. The molecule has 5 heteroatoms. The molecule has 1 atom stereocenters. The summed E-state index contributed by atoms with van der Waals surface area (Å²) < 4.78 is 11.3. The number of alkyl carbamates (subject to hydrolysis) is 1. The summed E-state index contributed by atoms with van der Waals surface area (Å²) in [5, 5.41) is 2.88. The smallest absolute Gasteiger partial charge is 0.408 e. The summed E-state index contributed by atoms with van der Waals surface area (Å²) in [4.78, 5) is 25.0. The van der Waals surface area contributed by atoms with Crippen LogP contribution in [0.15, 0.2) is 45.6 Å². The molecule has 0 fully saturated rings. The molecule has 1 aromatic carbocycles. The minimum Gasteiger partial charge on any atom is -0.464 e. The Labute approximate surface area is 160 Å². The summed E-state index contributed by atoms with van der Waals surface area (Å²) in [6.07, 6.45) is -0.0890. The molecule has 0 aliphatic rings. The van der Waals surface area contributed by atoms with Crippen LogP contribution in [0.1, 0.15) is 63.3 Å². The number of hydrogen-bond donors (Lipinski definition) is 1. The van der Waals surface area contributed by atoms with E-state index in [0.29, 0.717) is 23.5 Å². The first kappa shape index (κ1) is 20.7. The lowest BCUT2D eigenvalue weighted by Crippen LogP contribution is -2.37. The van der Waals surface area contributed by atoms with Crippen LogP contribution in [0.25, 0.3) is 0 Å². The van der Waals surface area contributed by atoms with Crippen LogP contribution < -0.4 is 10.7 Å². The molecule has 0 aliphatic carbocycles. The normalized spacial score (nSPS) is 12.7. The molecular weight excluding hydrogens is 342 g/mol. The lowest BCUT2D eigenvalue weighted by molar-refractivity contribution is 0.0479. The molecule has 2 aromatic rings. The maximum atomic E-state index is 12.7. The Morgan fingerprint density at radius 2 is 1.81 bits per heavy atom. The van der Waals surface area contributed by atoms with Crippen molar-refractivity contribution in [1.29, 1.82) is 0 Å². The zero-order valence-electron chi connectivity index (χ0n) is 17.0. The Bertz CT molecular complexity index is 832. The third-order valence-corrected chi connectivity index (χ3v) is 4.05. The fourth-order valence-corrected chi connectivity index (χ4v) is 2.85. The maximum absolute atomic E-state index is 12.7. The molecule has 146 valence electrons. The van der Waals surface area contributed by atoms with Crippen LogP contribution in [0, 0.1) is 12.8 Å². The van der Waals surface area contributed by atoms with Gasteiger partial charge in [-0.2, -0.15) is 0 Å². The van der Waals surface area contributed by atoms with Gasteiger partial charge in [0.1, 0.15) is 17.1 Å². The number of carbonyl (C=O) groups is 1. The number of aryl methyl sites for hydroxylation is 1. The molecule has 1 N–H and O–H groups in total. The van der Waals surface area contributed by atoms with Crippen molar-refractivity contribution in [2.75, 3.05) is 0 Å². The van der Waals surface area contributed by atoms with Crippen LogP contribution in [-0.4, -0.2) is 11.7 Å². The Kier molecular flexibility index (Phi) is 6.47. The summed E-state index contributed by atoms with van der Waals surface area (Å²) in [6.45, 7) is 11.1. The molecule has 0 spiro atoms. The Morgan fingerprint density at radius 3 is 2.37 bits per heavy atom. The van der Waals surface area contributed by atoms with E-state index in [4.69, 9.17) is 9.15 Å². The fourth-order valence-electron chi connectivity index (χ4n) is 2.85. The van der Waals surface area contributed by atoms with E-state index < -0.39 is 17.7 Å². The Morgan fingerprint density at radius 1 is 1.19 bits per heavy atom. The number of benzene rings is 1. The van der Waals surface area contributed by atoms with Crippen LogP contribution in [0.4, 0.5) is 4.79 Å². The van der Waals surface area contributed by atoms with Crippen molar-refractivity contribution in [3.63, 3.8) is 0 Å². The summed E-state index contributed by atoms with van der Waals surface area (Å²) in [6, 6.07) is 10.8. The Hall–Kier alpha value is -2.56. The molecule has 1 unspecified atom stereocenters. The first-order chi connectivity index (χ1) is 12.6. The number of nitrogens with one attached hydrogen (secondary N) is 1. The summed E-state index contributed by atoms with van der Waals surface area (Å²) in [5.41, 5.74) is 0.872. The molecule has 1 aromatic heterocycles. The lowest BCUT2D eigenvalue weighted by Gasteiger charge is -2.26. The number of hydrogen-bond acceptors (Lipinski definition) is 4. The van der Waals surface area contributed by atoms with Crippen molar-refractivity contribution >= 4 is 6.09 Å². The van der Waals surface area contributed by atoms with Gasteiger partial charge in [-0.3, -0.25) is 4.79 Å². The summed E-state index contributed by atoms with van der Waals surface area (Å²) in [5.74, 6) is 1.02. The van der Waals surface area contributed by atoms with Crippen LogP contribution >= 0.6 is 0 Å². The molecule has 0 radical (unpaired) electrons. The van der Waals surface area contributed by atoms with Gasteiger partial charge in [0.05, 0.1) is 6.04 Å². The third-order valence-electron chi connectivity index (χ3n) is 4.05. The predicted octanol–water partition coefficient (Wildman–Crippen LogP) is 4.76. The number of carbonyl (C=O) groups excluding carboxylic acids is 1. The number of ether oxygens (including phenoxy) is 1. The van der Waals surface area contributed by atoms with Crippen LogP contribution in [0.2, 0.25) is 0 Å². The molecule has 0 saturated carbocycles. The largest absolute Gasteiger partial charge is 0.464 e. The van der Waals surface area contributed by atoms with Crippen molar-refractivity contribution in [1.82, 2.24) is 5.32 Å². The van der Waals surface area contributed by atoms with Gasteiger partial charge >= 0.3 is 6.09 Å².